The van der Waals surface area contributed by atoms with Crippen LogP contribution in [0.5, 0.6) is 0 Å². The lowest BCUT2D eigenvalue weighted by Crippen LogP contribution is -2.38. The Morgan fingerprint density at radius 2 is 2.03 bits per heavy atom. The fourth-order valence-electron chi connectivity index (χ4n) is 2.83. The molecule has 0 spiro atoms. The fourth-order valence-corrected chi connectivity index (χ4v) is 2.83. The first kappa shape index (κ1) is 22.8. The van der Waals surface area contributed by atoms with Crippen molar-refractivity contribution in [3.8, 4) is 6.07 Å². The van der Waals surface area contributed by atoms with Gasteiger partial charge >= 0.3 is 6.03 Å². The van der Waals surface area contributed by atoms with Gasteiger partial charge in [-0.2, -0.15) is 5.26 Å². The van der Waals surface area contributed by atoms with Gasteiger partial charge in [0.1, 0.15) is 35.9 Å². The maximum atomic E-state index is 13.1. The summed E-state index contributed by atoms with van der Waals surface area (Å²) < 4.78 is 20.8. The van der Waals surface area contributed by atoms with Gasteiger partial charge < -0.3 is 24.3 Å². The van der Waals surface area contributed by atoms with Gasteiger partial charge in [0.2, 0.25) is 0 Å². The van der Waals surface area contributed by atoms with Crippen LogP contribution in [-0.4, -0.2) is 56.5 Å². The Bertz CT molecular complexity index is 985. The van der Waals surface area contributed by atoms with Crippen molar-refractivity contribution in [2.45, 2.75) is 6.29 Å². The minimum atomic E-state index is -0.664. The van der Waals surface area contributed by atoms with Crippen LogP contribution >= 0.6 is 0 Å². The van der Waals surface area contributed by atoms with Crippen molar-refractivity contribution in [1.29, 1.82) is 5.26 Å². The number of nitriles is 1. The second-order valence-electron chi connectivity index (χ2n) is 6.52. The molecule has 0 radical (unpaired) electrons. The standard InChI is InChI=1S/C21H24N6O5/c1-29-8-6-23-17-12-18(24-14-15(17)13-22)26-21(28)27(7-9-30-2)19-5-3-4-16(25-19)20-31-10-11-32-20/h3-5,10-12,14,20H,6-9H2,1-2H3,(H2,23,24,26,28). The van der Waals surface area contributed by atoms with E-state index in [1.54, 1.807) is 38.5 Å². The van der Waals surface area contributed by atoms with Crippen LogP contribution in [0.2, 0.25) is 0 Å². The number of amides is 2. The highest BCUT2D eigenvalue weighted by Gasteiger charge is 2.22. The van der Waals surface area contributed by atoms with E-state index in [4.69, 9.17) is 18.9 Å². The third-order valence-corrected chi connectivity index (χ3v) is 4.38. The summed E-state index contributed by atoms with van der Waals surface area (Å²) in [7, 11) is 3.14. The van der Waals surface area contributed by atoms with Crippen molar-refractivity contribution >= 4 is 23.4 Å². The van der Waals surface area contributed by atoms with E-state index >= 15 is 0 Å². The number of pyridine rings is 2. The van der Waals surface area contributed by atoms with Crippen molar-refractivity contribution in [2.24, 2.45) is 0 Å². The van der Waals surface area contributed by atoms with E-state index in [1.165, 1.54) is 23.6 Å². The molecule has 2 amide bonds. The molecule has 0 aliphatic carbocycles. The van der Waals surface area contributed by atoms with Gasteiger partial charge in [0.15, 0.2) is 0 Å². The highest BCUT2D eigenvalue weighted by Crippen LogP contribution is 2.25. The zero-order chi connectivity index (χ0) is 22.8. The van der Waals surface area contributed by atoms with Gasteiger partial charge in [-0.05, 0) is 12.1 Å². The molecule has 0 saturated heterocycles. The molecule has 1 aliphatic rings. The summed E-state index contributed by atoms with van der Waals surface area (Å²) in [6.07, 6.45) is 3.60. The first-order valence-corrected chi connectivity index (χ1v) is 9.79. The number of urea groups is 1. The number of hydrogen-bond donors (Lipinski definition) is 2. The Morgan fingerprint density at radius 1 is 1.25 bits per heavy atom. The van der Waals surface area contributed by atoms with Gasteiger partial charge in [-0.1, -0.05) is 6.07 Å². The number of anilines is 3. The van der Waals surface area contributed by atoms with E-state index in [-0.39, 0.29) is 12.4 Å². The number of nitrogens with one attached hydrogen (secondary N) is 2. The van der Waals surface area contributed by atoms with Gasteiger partial charge in [-0.3, -0.25) is 10.2 Å². The molecule has 3 rings (SSSR count). The summed E-state index contributed by atoms with van der Waals surface area (Å²) in [5, 5.41) is 15.1. The molecule has 32 heavy (non-hydrogen) atoms. The van der Waals surface area contributed by atoms with Crippen LogP contribution < -0.4 is 15.5 Å². The van der Waals surface area contributed by atoms with Gasteiger partial charge in [0.05, 0.1) is 31.0 Å². The second-order valence-corrected chi connectivity index (χ2v) is 6.52. The van der Waals surface area contributed by atoms with E-state index in [1.807, 2.05) is 0 Å². The van der Waals surface area contributed by atoms with E-state index in [9.17, 15) is 10.1 Å². The Morgan fingerprint density at radius 3 is 2.75 bits per heavy atom. The third-order valence-electron chi connectivity index (χ3n) is 4.38. The molecule has 0 unspecified atom stereocenters. The lowest BCUT2D eigenvalue weighted by molar-refractivity contribution is -0.0278. The normalized spacial score (nSPS) is 12.5. The maximum Gasteiger partial charge on any atom is 0.328 e. The second kappa shape index (κ2) is 11.5. The van der Waals surface area contributed by atoms with Crippen LogP contribution in [0, 0.1) is 11.3 Å². The molecule has 11 nitrogen and oxygen atoms in total. The largest absolute Gasteiger partial charge is 0.454 e. The predicted molar refractivity (Wildman–Crippen MR) is 116 cm³/mol. The molecule has 0 aromatic carbocycles. The molecule has 0 saturated carbocycles. The molecule has 2 N–H and O–H groups in total. The minimum Gasteiger partial charge on any atom is -0.454 e. The zero-order valence-corrected chi connectivity index (χ0v) is 17.8. The Labute approximate surface area is 185 Å². The molecule has 3 heterocycles. The summed E-state index contributed by atoms with van der Waals surface area (Å²) in [5.74, 6) is 0.669. The van der Waals surface area contributed by atoms with Gasteiger partial charge in [-0.25, -0.2) is 14.8 Å². The van der Waals surface area contributed by atoms with Crippen molar-refractivity contribution in [2.75, 3.05) is 56.1 Å². The molecule has 11 heteroatoms. The van der Waals surface area contributed by atoms with Crippen LogP contribution in [0.4, 0.5) is 22.1 Å². The van der Waals surface area contributed by atoms with Crippen molar-refractivity contribution in [3.63, 3.8) is 0 Å². The average molecular weight is 440 g/mol. The Hall–Kier alpha value is -3.88. The van der Waals surface area contributed by atoms with Crippen LogP contribution in [-0.2, 0) is 18.9 Å². The van der Waals surface area contributed by atoms with E-state index in [0.717, 1.165) is 0 Å². The van der Waals surface area contributed by atoms with Crippen LogP contribution in [0.25, 0.3) is 0 Å². The lowest BCUT2D eigenvalue weighted by atomic mass is 10.2. The minimum absolute atomic E-state index is 0.249. The number of rotatable bonds is 10. The number of carbonyl (C=O) groups excluding carboxylic acids is 1. The van der Waals surface area contributed by atoms with Crippen LogP contribution in [0.15, 0.2) is 43.0 Å². The van der Waals surface area contributed by atoms with E-state index in [2.05, 4.69) is 26.7 Å². The lowest BCUT2D eigenvalue weighted by Gasteiger charge is -2.23. The summed E-state index contributed by atoms with van der Waals surface area (Å²) in [6, 6.07) is 8.40. The molecule has 2 aromatic heterocycles. The van der Waals surface area contributed by atoms with Crippen molar-refractivity contribution in [3.05, 3.63) is 54.2 Å². The monoisotopic (exact) mass is 440 g/mol. The first-order valence-electron chi connectivity index (χ1n) is 9.79. The van der Waals surface area contributed by atoms with Gasteiger partial charge in [-0.15, -0.1) is 0 Å². The van der Waals surface area contributed by atoms with E-state index < -0.39 is 12.3 Å². The molecule has 0 bridgehead atoms. The molecule has 1 aliphatic heterocycles. The first-order chi connectivity index (χ1) is 15.7. The molecular weight excluding hydrogens is 416 g/mol. The molecule has 0 fully saturated rings. The third kappa shape index (κ3) is 5.84. The Balaban J connectivity index is 1.78. The fraction of sp³-hybridized carbons (Fsp3) is 0.333. The van der Waals surface area contributed by atoms with Crippen LogP contribution in [0.3, 0.4) is 0 Å². The Kier molecular flexibility index (Phi) is 8.19. The smallest absolute Gasteiger partial charge is 0.328 e. The van der Waals surface area contributed by atoms with Crippen LogP contribution in [0.1, 0.15) is 17.5 Å². The maximum absolute atomic E-state index is 13.1. The highest BCUT2D eigenvalue weighted by molar-refractivity contribution is 6.00. The number of nitrogens with zero attached hydrogens (tertiary/aromatic N) is 4. The average Bonchev–Trinajstić information content (AvgIpc) is 3.35. The van der Waals surface area contributed by atoms with Gasteiger partial charge in [0.25, 0.3) is 6.29 Å². The topological polar surface area (TPSA) is 131 Å². The van der Waals surface area contributed by atoms with Crippen molar-refractivity contribution < 1.29 is 23.7 Å². The summed E-state index contributed by atoms with van der Waals surface area (Å²) in [4.78, 5) is 23.2. The number of hydrogen-bond acceptors (Lipinski definition) is 9. The molecular formula is C21H24N6O5. The van der Waals surface area contributed by atoms with Gasteiger partial charge in [0, 0.05) is 33.0 Å². The number of aromatic nitrogens is 2. The zero-order valence-electron chi connectivity index (χ0n) is 17.8. The van der Waals surface area contributed by atoms with Crippen molar-refractivity contribution in [1.82, 2.24) is 9.97 Å². The molecule has 168 valence electrons. The number of carbonyl (C=O) groups is 1. The molecule has 0 atom stereocenters. The predicted octanol–water partition coefficient (Wildman–Crippen LogP) is 2.61. The summed E-state index contributed by atoms with van der Waals surface area (Å²) in [6.45, 7) is 1.51. The summed E-state index contributed by atoms with van der Waals surface area (Å²) in [5.41, 5.74) is 1.42. The van der Waals surface area contributed by atoms with E-state index in [0.29, 0.717) is 42.5 Å². The molecule has 2 aromatic rings. The highest BCUT2D eigenvalue weighted by atomic mass is 16.7. The summed E-state index contributed by atoms with van der Waals surface area (Å²) >= 11 is 0. The SMILES string of the molecule is COCCNc1cc(NC(=O)N(CCOC)c2cccc(C3OC=CO3)n2)ncc1C#N. The number of ether oxygens (including phenoxy) is 4. The number of methoxy groups -OCH3 is 2. The quantitative estimate of drug-likeness (QED) is 0.535.